The molecular formula is C18H18INO5. The van der Waals surface area contributed by atoms with Crippen LogP contribution in [-0.2, 0) is 9.53 Å². The second-order valence-electron chi connectivity index (χ2n) is 5.12. The molecule has 7 heteroatoms. The predicted molar refractivity (Wildman–Crippen MR) is 102 cm³/mol. The number of ether oxygens (including phenoxy) is 3. The van der Waals surface area contributed by atoms with Gasteiger partial charge in [0.2, 0.25) is 0 Å². The third kappa shape index (κ3) is 5.09. The molecule has 2 aromatic rings. The first-order valence-corrected chi connectivity index (χ1v) is 8.52. The molecule has 2 rings (SSSR count). The third-order valence-corrected chi connectivity index (χ3v) is 4.04. The van der Waals surface area contributed by atoms with Crippen LogP contribution in [0.15, 0.2) is 42.5 Å². The molecule has 0 aliphatic carbocycles. The Bertz CT molecular complexity index is 778. The number of rotatable bonds is 6. The van der Waals surface area contributed by atoms with E-state index in [0.717, 1.165) is 3.57 Å². The molecule has 132 valence electrons. The lowest BCUT2D eigenvalue weighted by molar-refractivity contribution is -0.123. The Hall–Kier alpha value is -2.29. The Morgan fingerprint density at radius 3 is 2.40 bits per heavy atom. The SMILES string of the molecule is COc1ccc(NC(=O)C(C)OC(=O)c2cccc(I)c2)cc1OC. The van der Waals surface area contributed by atoms with E-state index in [-0.39, 0.29) is 0 Å². The normalized spacial score (nSPS) is 11.4. The number of carbonyl (C=O) groups excluding carboxylic acids is 2. The molecule has 0 spiro atoms. The van der Waals surface area contributed by atoms with Crippen LogP contribution in [0.5, 0.6) is 11.5 Å². The van der Waals surface area contributed by atoms with E-state index in [1.165, 1.54) is 21.1 Å². The molecule has 0 saturated carbocycles. The van der Waals surface area contributed by atoms with E-state index in [4.69, 9.17) is 14.2 Å². The average molecular weight is 455 g/mol. The van der Waals surface area contributed by atoms with Gasteiger partial charge in [0.1, 0.15) is 0 Å². The van der Waals surface area contributed by atoms with Crippen LogP contribution in [0.1, 0.15) is 17.3 Å². The Balaban J connectivity index is 2.01. The first-order valence-electron chi connectivity index (χ1n) is 7.44. The molecule has 0 saturated heterocycles. The first kappa shape index (κ1) is 19.0. The Kier molecular flexibility index (Phi) is 6.63. The van der Waals surface area contributed by atoms with Crippen molar-refractivity contribution >= 4 is 40.2 Å². The van der Waals surface area contributed by atoms with Gasteiger partial charge < -0.3 is 19.5 Å². The summed E-state index contributed by atoms with van der Waals surface area (Å²) in [6.07, 6.45) is -0.946. The lowest BCUT2D eigenvalue weighted by atomic mass is 10.2. The summed E-state index contributed by atoms with van der Waals surface area (Å²) in [5, 5.41) is 2.68. The molecule has 1 N–H and O–H groups in total. The summed E-state index contributed by atoms with van der Waals surface area (Å²) in [4.78, 5) is 24.3. The zero-order chi connectivity index (χ0) is 18.4. The third-order valence-electron chi connectivity index (χ3n) is 3.36. The van der Waals surface area contributed by atoms with E-state index in [0.29, 0.717) is 22.7 Å². The Morgan fingerprint density at radius 1 is 1.04 bits per heavy atom. The number of hydrogen-bond donors (Lipinski definition) is 1. The standard InChI is InChI=1S/C18H18INO5/c1-11(25-18(22)12-5-4-6-13(19)9-12)17(21)20-14-7-8-15(23-2)16(10-14)24-3/h4-11H,1-3H3,(H,20,21). The smallest absolute Gasteiger partial charge is 0.338 e. The molecule has 0 fully saturated rings. The number of methoxy groups -OCH3 is 2. The molecule has 0 radical (unpaired) electrons. The molecule has 0 aliphatic rings. The van der Waals surface area contributed by atoms with Gasteiger partial charge in [-0.25, -0.2) is 4.79 Å². The van der Waals surface area contributed by atoms with Gasteiger partial charge in [-0.2, -0.15) is 0 Å². The summed E-state index contributed by atoms with van der Waals surface area (Å²) in [6, 6.07) is 11.9. The minimum atomic E-state index is -0.946. The van der Waals surface area contributed by atoms with Crippen LogP contribution < -0.4 is 14.8 Å². The highest BCUT2D eigenvalue weighted by molar-refractivity contribution is 14.1. The van der Waals surface area contributed by atoms with Crippen LogP contribution in [0, 0.1) is 3.57 Å². The number of amides is 1. The van der Waals surface area contributed by atoms with Crippen molar-refractivity contribution in [2.45, 2.75) is 13.0 Å². The van der Waals surface area contributed by atoms with E-state index < -0.39 is 18.0 Å². The zero-order valence-corrected chi connectivity index (χ0v) is 16.2. The summed E-state index contributed by atoms with van der Waals surface area (Å²) in [5.41, 5.74) is 0.914. The fourth-order valence-electron chi connectivity index (χ4n) is 2.06. The van der Waals surface area contributed by atoms with Gasteiger partial charge >= 0.3 is 5.97 Å². The van der Waals surface area contributed by atoms with E-state index >= 15 is 0 Å². The number of hydrogen-bond acceptors (Lipinski definition) is 5. The molecule has 0 heterocycles. The summed E-state index contributed by atoms with van der Waals surface area (Å²) < 4.78 is 16.5. The molecule has 1 unspecified atom stereocenters. The average Bonchev–Trinajstić information content (AvgIpc) is 2.61. The minimum absolute atomic E-state index is 0.401. The first-order chi connectivity index (χ1) is 11.9. The van der Waals surface area contributed by atoms with Crippen LogP contribution in [0.2, 0.25) is 0 Å². The van der Waals surface area contributed by atoms with E-state index in [2.05, 4.69) is 27.9 Å². The van der Waals surface area contributed by atoms with Gasteiger partial charge in [0, 0.05) is 15.3 Å². The van der Waals surface area contributed by atoms with Gasteiger partial charge in [-0.3, -0.25) is 4.79 Å². The molecular weight excluding hydrogens is 437 g/mol. The number of nitrogens with one attached hydrogen (secondary N) is 1. The number of benzene rings is 2. The molecule has 6 nitrogen and oxygen atoms in total. The van der Waals surface area contributed by atoms with Crippen LogP contribution in [0.3, 0.4) is 0 Å². The largest absolute Gasteiger partial charge is 0.493 e. The summed E-state index contributed by atoms with van der Waals surface area (Å²) in [7, 11) is 3.04. The van der Waals surface area contributed by atoms with Crippen molar-refractivity contribution in [2.75, 3.05) is 19.5 Å². The summed E-state index contributed by atoms with van der Waals surface area (Å²) in [6.45, 7) is 1.52. The quantitative estimate of drug-likeness (QED) is 0.534. The maximum atomic E-state index is 12.2. The highest BCUT2D eigenvalue weighted by Crippen LogP contribution is 2.29. The lowest BCUT2D eigenvalue weighted by Crippen LogP contribution is -2.30. The van der Waals surface area contributed by atoms with Gasteiger partial charge in [-0.05, 0) is 59.8 Å². The van der Waals surface area contributed by atoms with Crippen molar-refractivity contribution in [2.24, 2.45) is 0 Å². The second kappa shape index (κ2) is 8.70. The topological polar surface area (TPSA) is 73.9 Å². The molecule has 0 aromatic heterocycles. The summed E-state index contributed by atoms with van der Waals surface area (Å²) in [5.74, 6) is 0.0575. The fourth-order valence-corrected chi connectivity index (χ4v) is 2.60. The van der Waals surface area contributed by atoms with Crippen molar-refractivity contribution in [3.63, 3.8) is 0 Å². The number of anilines is 1. The molecule has 1 atom stereocenters. The lowest BCUT2D eigenvalue weighted by Gasteiger charge is -2.15. The molecule has 0 aliphatic heterocycles. The minimum Gasteiger partial charge on any atom is -0.493 e. The van der Waals surface area contributed by atoms with Crippen molar-refractivity contribution in [3.05, 3.63) is 51.6 Å². The molecule has 25 heavy (non-hydrogen) atoms. The number of carbonyl (C=O) groups is 2. The van der Waals surface area contributed by atoms with Gasteiger partial charge in [0.15, 0.2) is 17.6 Å². The van der Waals surface area contributed by atoms with Crippen molar-refractivity contribution in [1.82, 2.24) is 0 Å². The Labute approximate surface area is 159 Å². The van der Waals surface area contributed by atoms with Gasteiger partial charge in [-0.15, -0.1) is 0 Å². The second-order valence-corrected chi connectivity index (χ2v) is 6.36. The summed E-state index contributed by atoms with van der Waals surface area (Å²) >= 11 is 2.10. The van der Waals surface area contributed by atoms with Gasteiger partial charge in [-0.1, -0.05) is 6.07 Å². The fraction of sp³-hybridized carbons (Fsp3) is 0.222. The maximum Gasteiger partial charge on any atom is 0.338 e. The van der Waals surface area contributed by atoms with Gasteiger partial charge in [0.25, 0.3) is 5.91 Å². The van der Waals surface area contributed by atoms with Crippen molar-refractivity contribution in [3.8, 4) is 11.5 Å². The monoisotopic (exact) mass is 455 g/mol. The van der Waals surface area contributed by atoms with E-state index in [1.54, 1.807) is 36.4 Å². The Morgan fingerprint density at radius 2 is 1.76 bits per heavy atom. The maximum absolute atomic E-state index is 12.2. The highest BCUT2D eigenvalue weighted by Gasteiger charge is 2.19. The van der Waals surface area contributed by atoms with E-state index in [1.807, 2.05) is 6.07 Å². The highest BCUT2D eigenvalue weighted by atomic mass is 127. The van der Waals surface area contributed by atoms with Crippen LogP contribution in [-0.4, -0.2) is 32.2 Å². The van der Waals surface area contributed by atoms with Gasteiger partial charge in [0.05, 0.1) is 19.8 Å². The molecule has 0 bridgehead atoms. The number of esters is 1. The van der Waals surface area contributed by atoms with Crippen LogP contribution in [0.25, 0.3) is 0 Å². The number of halogens is 1. The van der Waals surface area contributed by atoms with Crippen molar-refractivity contribution in [1.29, 1.82) is 0 Å². The predicted octanol–water partition coefficient (Wildman–Crippen LogP) is 3.49. The van der Waals surface area contributed by atoms with E-state index in [9.17, 15) is 9.59 Å². The zero-order valence-electron chi connectivity index (χ0n) is 14.0. The van der Waals surface area contributed by atoms with Crippen LogP contribution >= 0.6 is 22.6 Å². The molecule has 1 amide bonds. The van der Waals surface area contributed by atoms with Crippen molar-refractivity contribution < 1.29 is 23.8 Å². The van der Waals surface area contributed by atoms with Crippen LogP contribution in [0.4, 0.5) is 5.69 Å². The molecule has 2 aromatic carbocycles.